The van der Waals surface area contributed by atoms with Gasteiger partial charge in [-0.05, 0) is 56.1 Å². The first kappa shape index (κ1) is 18.9. The lowest BCUT2D eigenvalue weighted by Crippen LogP contribution is -2.39. The first-order valence-corrected chi connectivity index (χ1v) is 9.18. The van der Waals surface area contributed by atoms with Crippen LogP contribution in [-0.4, -0.2) is 35.4 Å². The first-order valence-electron chi connectivity index (χ1n) is 9.18. The number of anilines is 1. The molecule has 1 fully saturated rings. The molecule has 2 aromatic carbocycles. The molecule has 3 N–H and O–H groups in total. The molecule has 2 aromatic rings. The van der Waals surface area contributed by atoms with Gasteiger partial charge in [0, 0.05) is 12.2 Å². The predicted molar refractivity (Wildman–Crippen MR) is 104 cm³/mol. The lowest BCUT2D eigenvalue weighted by molar-refractivity contribution is -0.122. The van der Waals surface area contributed by atoms with E-state index in [4.69, 9.17) is 10.5 Å². The zero-order valence-electron chi connectivity index (χ0n) is 15.4. The Hall–Kier alpha value is -2.86. The highest BCUT2D eigenvalue weighted by molar-refractivity contribution is 5.94. The van der Waals surface area contributed by atoms with E-state index in [9.17, 15) is 9.59 Å². The van der Waals surface area contributed by atoms with Crippen molar-refractivity contribution in [3.05, 3.63) is 60.2 Å². The summed E-state index contributed by atoms with van der Waals surface area (Å²) in [7, 11) is 0. The summed E-state index contributed by atoms with van der Waals surface area (Å²) in [5, 5.41) is 2.89. The Labute approximate surface area is 159 Å². The third-order valence-corrected chi connectivity index (χ3v) is 4.70. The zero-order chi connectivity index (χ0) is 19.2. The quantitative estimate of drug-likeness (QED) is 0.788. The van der Waals surface area contributed by atoms with Gasteiger partial charge in [-0.25, -0.2) is 0 Å². The van der Waals surface area contributed by atoms with Gasteiger partial charge in [0.15, 0.2) is 6.10 Å². The molecular weight excluding hydrogens is 342 g/mol. The van der Waals surface area contributed by atoms with E-state index in [-0.39, 0.29) is 17.9 Å². The van der Waals surface area contributed by atoms with Gasteiger partial charge in [0.1, 0.15) is 5.75 Å². The molecule has 0 aromatic heterocycles. The Morgan fingerprint density at radius 3 is 2.74 bits per heavy atom. The summed E-state index contributed by atoms with van der Waals surface area (Å²) in [6.45, 7) is 3.20. The number of nitrogens with two attached hydrogens (primary N) is 1. The van der Waals surface area contributed by atoms with Crippen LogP contribution in [0.3, 0.4) is 0 Å². The van der Waals surface area contributed by atoms with Crippen LogP contribution in [0.1, 0.15) is 25.3 Å². The summed E-state index contributed by atoms with van der Waals surface area (Å²) < 4.78 is 5.65. The molecule has 2 atom stereocenters. The van der Waals surface area contributed by atoms with E-state index in [2.05, 4.69) is 10.2 Å². The van der Waals surface area contributed by atoms with Gasteiger partial charge in [-0.15, -0.1) is 0 Å². The third kappa shape index (κ3) is 5.08. The van der Waals surface area contributed by atoms with Crippen molar-refractivity contribution in [3.63, 3.8) is 0 Å². The molecule has 0 aliphatic carbocycles. The van der Waals surface area contributed by atoms with Gasteiger partial charge in [0.25, 0.3) is 5.91 Å². The molecule has 1 saturated heterocycles. The number of primary amides is 1. The maximum atomic E-state index is 12.4. The normalized spacial score (nSPS) is 18.0. The lowest BCUT2D eigenvalue weighted by Gasteiger charge is -2.22. The van der Waals surface area contributed by atoms with E-state index in [0.29, 0.717) is 18.0 Å². The van der Waals surface area contributed by atoms with Gasteiger partial charge in [-0.3, -0.25) is 14.5 Å². The molecule has 0 spiro atoms. The second-order valence-electron chi connectivity index (χ2n) is 6.79. The van der Waals surface area contributed by atoms with E-state index in [1.165, 1.54) is 0 Å². The van der Waals surface area contributed by atoms with Crippen LogP contribution in [-0.2, 0) is 16.1 Å². The van der Waals surface area contributed by atoms with Crippen molar-refractivity contribution < 1.29 is 14.3 Å². The van der Waals surface area contributed by atoms with Crippen LogP contribution in [0.4, 0.5) is 5.69 Å². The molecule has 1 aliphatic heterocycles. The minimum Gasteiger partial charge on any atom is -0.481 e. The molecule has 3 rings (SSSR count). The summed E-state index contributed by atoms with van der Waals surface area (Å²) in [6.07, 6.45) is 1.16. The second kappa shape index (κ2) is 8.68. The van der Waals surface area contributed by atoms with Gasteiger partial charge in [0.2, 0.25) is 5.91 Å². The summed E-state index contributed by atoms with van der Waals surface area (Å²) in [4.78, 5) is 26.0. The highest BCUT2D eigenvalue weighted by atomic mass is 16.5. The third-order valence-electron chi connectivity index (χ3n) is 4.70. The van der Waals surface area contributed by atoms with Crippen molar-refractivity contribution in [3.8, 4) is 5.75 Å². The summed E-state index contributed by atoms with van der Waals surface area (Å²) in [5.41, 5.74) is 7.21. The van der Waals surface area contributed by atoms with E-state index >= 15 is 0 Å². The fraction of sp³-hybridized carbons (Fsp3) is 0.333. The number of nitrogens with one attached hydrogen (secondary N) is 1. The van der Waals surface area contributed by atoms with Crippen molar-refractivity contribution in [2.24, 2.45) is 5.73 Å². The number of rotatable bonds is 7. The molecule has 6 heteroatoms. The van der Waals surface area contributed by atoms with Crippen LogP contribution >= 0.6 is 0 Å². The van der Waals surface area contributed by atoms with Gasteiger partial charge < -0.3 is 15.8 Å². The lowest BCUT2D eigenvalue weighted by atomic mass is 10.1. The maximum absolute atomic E-state index is 12.4. The Morgan fingerprint density at radius 2 is 2.00 bits per heavy atom. The van der Waals surface area contributed by atoms with Crippen molar-refractivity contribution in [1.29, 1.82) is 0 Å². The van der Waals surface area contributed by atoms with Crippen molar-refractivity contribution in [2.75, 3.05) is 11.9 Å². The summed E-state index contributed by atoms with van der Waals surface area (Å²) in [5.74, 6) is 0.163. The average molecular weight is 367 g/mol. The first-order chi connectivity index (χ1) is 13.0. The number of nitrogens with zero attached hydrogens (tertiary/aromatic N) is 1. The van der Waals surface area contributed by atoms with E-state index in [1.54, 1.807) is 6.92 Å². The molecule has 6 nitrogen and oxygen atoms in total. The molecule has 27 heavy (non-hydrogen) atoms. The standard InChI is InChI=1S/C21H25N3O3/c1-15(27-18-9-3-2-4-10-18)21(26)23-17-8-5-7-16(13-17)14-24-12-6-11-19(24)20(22)25/h2-5,7-10,13,15,19H,6,11-12,14H2,1H3,(H2,22,25)(H,23,26)/t15-,19-/m1/s1. The van der Waals surface area contributed by atoms with Crippen LogP contribution in [0.5, 0.6) is 5.75 Å². The number of para-hydroxylation sites is 1. The van der Waals surface area contributed by atoms with Gasteiger partial charge in [-0.1, -0.05) is 30.3 Å². The molecule has 0 saturated carbocycles. The van der Waals surface area contributed by atoms with E-state index < -0.39 is 6.10 Å². The SMILES string of the molecule is C[C@@H](Oc1ccccc1)C(=O)Nc1cccc(CN2CCC[C@@H]2C(N)=O)c1. The second-order valence-corrected chi connectivity index (χ2v) is 6.79. The smallest absolute Gasteiger partial charge is 0.265 e. The minimum absolute atomic E-state index is 0.206. The number of hydrogen-bond acceptors (Lipinski definition) is 4. The van der Waals surface area contributed by atoms with Crippen molar-refractivity contribution in [1.82, 2.24) is 4.90 Å². The van der Waals surface area contributed by atoms with Gasteiger partial charge >= 0.3 is 0 Å². The van der Waals surface area contributed by atoms with Crippen molar-refractivity contribution in [2.45, 2.75) is 38.5 Å². The fourth-order valence-electron chi connectivity index (χ4n) is 3.32. The van der Waals surface area contributed by atoms with Gasteiger partial charge in [0.05, 0.1) is 6.04 Å². The Bertz CT molecular complexity index is 794. The van der Waals surface area contributed by atoms with E-state index in [0.717, 1.165) is 24.9 Å². The molecule has 2 amide bonds. The van der Waals surface area contributed by atoms with Crippen molar-refractivity contribution >= 4 is 17.5 Å². The molecule has 0 unspecified atom stereocenters. The highest BCUT2D eigenvalue weighted by Gasteiger charge is 2.28. The maximum Gasteiger partial charge on any atom is 0.265 e. The molecule has 0 bridgehead atoms. The fourth-order valence-corrected chi connectivity index (χ4v) is 3.32. The molecule has 142 valence electrons. The molecular formula is C21H25N3O3. The molecule has 1 aliphatic rings. The van der Waals surface area contributed by atoms with Crippen LogP contribution < -0.4 is 15.8 Å². The highest BCUT2D eigenvalue weighted by Crippen LogP contribution is 2.21. The Morgan fingerprint density at radius 1 is 1.22 bits per heavy atom. The van der Waals surface area contributed by atoms with Gasteiger partial charge in [-0.2, -0.15) is 0 Å². The number of likely N-dealkylation sites (tertiary alicyclic amines) is 1. The predicted octanol–water partition coefficient (Wildman–Crippen LogP) is 2.54. The monoisotopic (exact) mass is 367 g/mol. The zero-order valence-corrected chi connectivity index (χ0v) is 15.4. The van der Waals surface area contributed by atoms with Crippen LogP contribution in [0.25, 0.3) is 0 Å². The van der Waals surface area contributed by atoms with Crippen LogP contribution in [0.15, 0.2) is 54.6 Å². The Balaban J connectivity index is 1.60. The molecule has 1 heterocycles. The number of amides is 2. The number of carbonyl (C=O) groups is 2. The minimum atomic E-state index is -0.617. The topological polar surface area (TPSA) is 84.7 Å². The Kier molecular flexibility index (Phi) is 6.08. The number of carbonyl (C=O) groups excluding carboxylic acids is 2. The van der Waals surface area contributed by atoms with E-state index in [1.807, 2.05) is 54.6 Å². The summed E-state index contributed by atoms with van der Waals surface area (Å²) >= 11 is 0. The van der Waals surface area contributed by atoms with Crippen LogP contribution in [0.2, 0.25) is 0 Å². The number of hydrogen-bond donors (Lipinski definition) is 2. The largest absolute Gasteiger partial charge is 0.481 e. The van der Waals surface area contributed by atoms with Crippen LogP contribution in [0, 0.1) is 0 Å². The average Bonchev–Trinajstić information content (AvgIpc) is 3.11. The number of ether oxygens (including phenoxy) is 1. The molecule has 0 radical (unpaired) electrons. The summed E-state index contributed by atoms with van der Waals surface area (Å²) in [6, 6.07) is 16.7. The number of benzene rings is 2.